The molecule has 3 atom stereocenters. The lowest BCUT2D eigenvalue weighted by Crippen LogP contribution is -2.53. The first-order valence-electron chi connectivity index (χ1n) is 11.0. The molecule has 0 radical (unpaired) electrons. The molecule has 1 aromatic carbocycles. The SMILES string of the molecule is CC(C)(C)OC(=O)NCCCC#Cc1ccc2c(c1)CN(C1CCC(=O)NC1=O)C1OC21. The number of nitrogens with one attached hydrogen (secondary N) is 2. The van der Waals surface area contributed by atoms with Gasteiger partial charge < -0.3 is 14.8 Å². The molecule has 3 unspecified atom stereocenters. The summed E-state index contributed by atoms with van der Waals surface area (Å²) in [5.74, 6) is 5.88. The van der Waals surface area contributed by atoms with Crippen molar-refractivity contribution in [2.75, 3.05) is 6.54 Å². The predicted molar refractivity (Wildman–Crippen MR) is 116 cm³/mol. The molecule has 2 N–H and O–H groups in total. The second-order valence-electron chi connectivity index (χ2n) is 9.33. The highest BCUT2D eigenvalue weighted by Crippen LogP contribution is 2.48. The molecule has 32 heavy (non-hydrogen) atoms. The van der Waals surface area contributed by atoms with Gasteiger partial charge in [-0.2, -0.15) is 0 Å². The highest BCUT2D eigenvalue weighted by molar-refractivity contribution is 6.00. The number of ether oxygens (including phenoxy) is 2. The van der Waals surface area contributed by atoms with Crippen LogP contribution < -0.4 is 10.6 Å². The topological polar surface area (TPSA) is 100 Å². The Bertz CT molecular complexity index is 988. The molecule has 3 aliphatic rings. The molecule has 0 saturated carbocycles. The quantitative estimate of drug-likeness (QED) is 0.323. The minimum Gasteiger partial charge on any atom is -0.444 e. The first-order chi connectivity index (χ1) is 15.2. The van der Waals surface area contributed by atoms with Gasteiger partial charge in [0.25, 0.3) is 0 Å². The molecular weight excluding hydrogens is 410 g/mol. The molecule has 3 heterocycles. The third-order valence-corrected chi connectivity index (χ3v) is 5.59. The number of piperidine rings is 1. The summed E-state index contributed by atoms with van der Waals surface area (Å²) in [5.41, 5.74) is 2.65. The van der Waals surface area contributed by atoms with E-state index in [-0.39, 0.29) is 30.2 Å². The number of nitrogens with zero attached hydrogens (tertiary/aromatic N) is 1. The van der Waals surface area contributed by atoms with Gasteiger partial charge >= 0.3 is 6.09 Å². The molecule has 0 aliphatic carbocycles. The van der Waals surface area contributed by atoms with Gasteiger partial charge in [0.15, 0.2) is 0 Å². The van der Waals surface area contributed by atoms with Crippen LogP contribution in [0.25, 0.3) is 0 Å². The lowest BCUT2D eigenvalue weighted by Gasteiger charge is -2.34. The number of hydrogen-bond acceptors (Lipinski definition) is 6. The average molecular weight is 440 g/mol. The molecule has 170 valence electrons. The number of rotatable bonds is 4. The predicted octanol–water partition coefficient (Wildman–Crippen LogP) is 2.36. The van der Waals surface area contributed by atoms with E-state index < -0.39 is 11.7 Å². The van der Waals surface area contributed by atoms with Crippen LogP contribution in [0.1, 0.15) is 69.2 Å². The molecule has 3 amide bonds. The third kappa shape index (κ3) is 5.29. The Morgan fingerprint density at radius 1 is 1.34 bits per heavy atom. The van der Waals surface area contributed by atoms with Crippen LogP contribution >= 0.6 is 0 Å². The summed E-state index contributed by atoms with van der Waals surface area (Å²) in [6.07, 6.45) is 1.73. The highest BCUT2D eigenvalue weighted by Gasteiger charge is 2.53. The van der Waals surface area contributed by atoms with E-state index >= 15 is 0 Å². The van der Waals surface area contributed by atoms with Gasteiger partial charge in [-0.15, -0.1) is 0 Å². The fourth-order valence-electron chi connectivity index (χ4n) is 4.10. The molecule has 3 aliphatic heterocycles. The number of amides is 3. The molecule has 0 bridgehead atoms. The van der Waals surface area contributed by atoms with E-state index in [1.807, 2.05) is 31.7 Å². The van der Waals surface area contributed by atoms with Crippen LogP contribution in [-0.2, 0) is 25.6 Å². The van der Waals surface area contributed by atoms with Crippen molar-refractivity contribution in [3.8, 4) is 11.8 Å². The number of fused-ring (bicyclic) bond motifs is 3. The first-order valence-corrected chi connectivity index (χ1v) is 11.0. The Balaban J connectivity index is 1.31. The van der Waals surface area contributed by atoms with Gasteiger partial charge in [-0.1, -0.05) is 17.9 Å². The molecular formula is C24H29N3O5. The lowest BCUT2D eigenvalue weighted by molar-refractivity contribution is -0.138. The van der Waals surface area contributed by atoms with Gasteiger partial charge in [-0.3, -0.25) is 19.8 Å². The number of epoxide rings is 1. The summed E-state index contributed by atoms with van der Waals surface area (Å²) >= 11 is 0. The maximum Gasteiger partial charge on any atom is 0.407 e. The molecule has 0 aromatic heterocycles. The summed E-state index contributed by atoms with van der Waals surface area (Å²) in [6, 6.07) is 5.75. The van der Waals surface area contributed by atoms with E-state index in [2.05, 4.69) is 34.6 Å². The molecule has 2 saturated heterocycles. The minimum absolute atomic E-state index is 0.0230. The average Bonchev–Trinajstić information content (AvgIpc) is 3.50. The van der Waals surface area contributed by atoms with Crippen LogP contribution in [0.2, 0.25) is 0 Å². The van der Waals surface area contributed by atoms with Gasteiger partial charge in [0.1, 0.15) is 17.9 Å². The van der Waals surface area contributed by atoms with Gasteiger partial charge in [0.05, 0.1) is 6.04 Å². The summed E-state index contributed by atoms with van der Waals surface area (Å²) in [7, 11) is 0. The number of imide groups is 1. The van der Waals surface area contributed by atoms with Crippen molar-refractivity contribution in [1.82, 2.24) is 15.5 Å². The Morgan fingerprint density at radius 2 is 2.16 bits per heavy atom. The molecule has 4 rings (SSSR count). The van der Waals surface area contributed by atoms with Gasteiger partial charge in [0, 0.05) is 31.5 Å². The summed E-state index contributed by atoms with van der Waals surface area (Å²) in [4.78, 5) is 37.4. The normalized spacial score (nSPS) is 24.4. The van der Waals surface area contributed by atoms with Crippen molar-refractivity contribution in [2.45, 2.75) is 77.0 Å². The van der Waals surface area contributed by atoms with E-state index in [1.165, 1.54) is 0 Å². The van der Waals surface area contributed by atoms with Gasteiger partial charge in [-0.25, -0.2) is 4.79 Å². The fourth-order valence-corrected chi connectivity index (χ4v) is 4.10. The van der Waals surface area contributed by atoms with Crippen molar-refractivity contribution in [2.24, 2.45) is 0 Å². The highest BCUT2D eigenvalue weighted by atomic mass is 16.6. The Hall–Kier alpha value is -2.89. The fraction of sp³-hybridized carbons (Fsp3) is 0.542. The number of benzene rings is 1. The minimum atomic E-state index is -0.504. The second-order valence-corrected chi connectivity index (χ2v) is 9.33. The molecule has 8 nitrogen and oxygen atoms in total. The largest absolute Gasteiger partial charge is 0.444 e. The van der Waals surface area contributed by atoms with Crippen LogP contribution in [0, 0.1) is 11.8 Å². The van der Waals surface area contributed by atoms with Gasteiger partial charge in [0.2, 0.25) is 11.8 Å². The maximum atomic E-state index is 12.3. The van der Waals surface area contributed by atoms with E-state index in [4.69, 9.17) is 9.47 Å². The second kappa shape index (κ2) is 8.93. The van der Waals surface area contributed by atoms with Crippen molar-refractivity contribution in [1.29, 1.82) is 0 Å². The third-order valence-electron chi connectivity index (χ3n) is 5.59. The van der Waals surface area contributed by atoms with E-state index in [1.54, 1.807) is 0 Å². The number of carbonyl (C=O) groups excluding carboxylic acids is 3. The molecule has 8 heteroatoms. The monoisotopic (exact) mass is 439 g/mol. The summed E-state index contributed by atoms with van der Waals surface area (Å²) < 4.78 is 11.0. The summed E-state index contributed by atoms with van der Waals surface area (Å²) in [6.45, 7) is 6.59. The van der Waals surface area contributed by atoms with Crippen molar-refractivity contribution in [3.05, 3.63) is 34.9 Å². The van der Waals surface area contributed by atoms with E-state index in [0.29, 0.717) is 32.4 Å². The lowest BCUT2D eigenvalue weighted by atomic mass is 9.94. The number of alkyl carbamates (subject to hydrolysis) is 1. The standard InChI is InChI=1S/C24H29N3O5/c1-24(2,3)32-23(30)25-12-6-4-5-7-15-8-9-17-16(13-15)14-27(22-20(17)31-22)18-10-11-19(28)26-21(18)29/h8-9,13,18,20,22H,4,6,10-12,14H2,1-3H3,(H,25,30)(H,26,28,29). The smallest absolute Gasteiger partial charge is 0.407 e. The Morgan fingerprint density at radius 3 is 2.91 bits per heavy atom. The molecule has 0 spiro atoms. The number of hydrogen-bond donors (Lipinski definition) is 2. The van der Waals surface area contributed by atoms with Crippen LogP contribution in [0.4, 0.5) is 4.79 Å². The van der Waals surface area contributed by atoms with Gasteiger partial charge in [-0.05, 0) is 56.9 Å². The van der Waals surface area contributed by atoms with Crippen molar-refractivity contribution in [3.63, 3.8) is 0 Å². The van der Waals surface area contributed by atoms with Crippen LogP contribution in [-0.4, -0.2) is 47.2 Å². The Kier molecular flexibility index (Phi) is 6.22. The summed E-state index contributed by atoms with van der Waals surface area (Å²) in [5, 5.41) is 5.16. The van der Waals surface area contributed by atoms with E-state index in [0.717, 1.165) is 23.1 Å². The zero-order valence-corrected chi connectivity index (χ0v) is 18.7. The number of unbranched alkanes of at least 4 members (excludes halogenated alkanes) is 1. The van der Waals surface area contributed by atoms with Crippen LogP contribution in [0.15, 0.2) is 18.2 Å². The van der Waals surface area contributed by atoms with Crippen LogP contribution in [0.5, 0.6) is 0 Å². The first kappa shape index (κ1) is 22.3. The molecule has 1 aromatic rings. The van der Waals surface area contributed by atoms with Crippen molar-refractivity contribution >= 4 is 17.9 Å². The zero-order chi connectivity index (χ0) is 22.9. The molecule has 2 fully saturated rings. The Labute approximate surface area is 188 Å². The van der Waals surface area contributed by atoms with Crippen molar-refractivity contribution < 1.29 is 23.9 Å². The van der Waals surface area contributed by atoms with E-state index in [9.17, 15) is 14.4 Å². The maximum absolute atomic E-state index is 12.3. The van der Waals surface area contributed by atoms with Crippen LogP contribution in [0.3, 0.4) is 0 Å². The zero-order valence-electron chi connectivity index (χ0n) is 18.7. The number of carbonyl (C=O) groups is 3.